The molecule has 3 rings (SSSR count). The molecule has 19 heteroatoms. The van der Waals surface area contributed by atoms with Gasteiger partial charge >= 0.3 is 0 Å². The smallest absolute Gasteiger partial charge is 0.220 e. The SMILES string of the molecule is CC/C=C\C/C=C\C/C=C\C/C=C\C/C=C\C/C=C\C/C=C\C/C=C\CCCCCCC(=O)NC(COC1OC(CO)C(OC2OC(CO)C(OC3OC(CO)C(O)C(O)C3O)C(O)C2O)C(O)C1O)C(O)/C=C/CC/C=C/CC/C=C/CCCCCCCCC. The molecule has 17 unspecified atom stereocenters. The number of nitrogens with one attached hydrogen (secondary N) is 1. The lowest BCUT2D eigenvalue weighted by Gasteiger charge is -2.48. The predicted molar refractivity (Wildman–Crippen MR) is 355 cm³/mol. The lowest BCUT2D eigenvalue weighted by atomic mass is 9.96. The first-order valence-electron chi connectivity index (χ1n) is 33.9. The molecule has 0 aromatic rings. The van der Waals surface area contributed by atoms with Crippen LogP contribution in [0.15, 0.2) is 134 Å². The molecule has 3 fully saturated rings. The van der Waals surface area contributed by atoms with Crippen LogP contribution in [0.25, 0.3) is 0 Å². The summed E-state index contributed by atoms with van der Waals surface area (Å²) in [7, 11) is 0. The van der Waals surface area contributed by atoms with Gasteiger partial charge in [0.05, 0.1) is 38.6 Å². The zero-order valence-electron chi connectivity index (χ0n) is 54.5. The highest BCUT2D eigenvalue weighted by Gasteiger charge is 2.53. The first kappa shape index (κ1) is 81.2. The number of aliphatic hydroxyl groups is 11. The van der Waals surface area contributed by atoms with Crippen LogP contribution >= 0.6 is 0 Å². The highest BCUT2D eigenvalue weighted by Crippen LogP contribution is 2.33. The molecule has 3 saturated heterocycles. The minimum absolute atomic E-state index is 0.192. The van der Waals surface area contributed by atoms with E-state index in [2.05, 4.69) is 141 Å². The van der Waals surface area contributed by atoms with E-state index in [-0.39, 0.29) is 12.3 Å². The number of carbonyl (C=O) groups excluding carboxylic acids is 1. The quantitative estimate of drug-likeness (QED) is 0.0200. The number of hydrogen-bond donors (Lipinski definition) is 12. The van der Waals surface area contributed by atoms with Crippen LogP contribution < -0.4 is 5.32 Å². The highest BCUT2D eigenvalue weighted by atomic mass is 16.8. The van der Waals surface area contributed by atoms with E-state index in [1.54, 1.807) is 6.08 Å². The molecule has 0 aromatic heterocycles. The number of ether oxygens (including phenoxy) is 6. The first-order chi connectivity index (χ1) is 44.3. The fourth-order valence-corrected chi connectivity index (χ4v) is 10.4. The molecule has 3 heterocycles. The molecular formula is C72H117NO18. The fraction of sp³-hybridized carbons (Fsp3) is 0.681. The number of carbonyl (C=O) groups is 1. The summed E-state index contributed by atoms with van der Waals surface area (Å²) in [6, 6.07) is -1.02. The molecule has 3 aliphatic rings. The topological polar surface area (TPSA) is 307 Å². The average molecular weight is 1280 g/mol. The Morgan fingerprint density at radius 1 is 0.407 bits per heavy atom. The van der Waals surface area contributed by atoms with Gasteiger partial charge in [0.2, 0.25) is 5.91 Å². The molecule has 518 valence electrons. The van der Waals surface area contributed by atoms with Crippen molar-refractivity contribution in [3.8, 4) is 0 Å². The monoisotopic (exact) mass is 1280 g/mol. The second-order valence-electron chi connectivity index (χ2n) is 23.5. The number of rotatable bonds is 49. The van der Waals surface area contributed by atoms with Crippen LogP contribution in [0.5, 0.6) is 0 Å². The Kier molecular flexibility index (Phi) is 46.6. The average Bonchev–Trinajstić information content (AvgIpc) is 0.884. The van der Waals surface area contributed by atoms with Gasteiger partial charge in [-0.25, -0.2) is 0 Å². The van der Waals surface area contributed by atoms with Crippen LogP contribution in [0, 0.1) is 0 Å². The Bertz CT molecular complexity index is 2170. The summed E-state index contributed by atoms with van der Waals surface area (Å²) in [6.07, 6.45) is 45.6. The van der Waals surface area contributed by atoms with Crippen molar-refractivity contribution in [1.82, 2.24) is 5.32 Å². The van der Waals surface area contributed by atoms with Crippen LogP contribution in [-0.4, -0.2) is 193 Å². The number of unbranched alkanes of at least 4 members (excludes halogenated alkanes) is 13. The van der Waals surface area contributed by atoms with Gasteiger partial charge in [-0.3, -0.25) is 4.79 Å². The van der Waals surface area contributed by atoms with Crippen molar-refractivity contribution < 1.29 is 89.4 Å². The third-order valence-corrected chi connectivity index (χ3v) is 15.9. The standard InChI is InChI=1S/C72H117NO18/c1-3-5-7-9-11-13-15-17-19-21-22-23-24-25-26-27-28-29-30-31-32-34-36-38-40-42-44-46-48-50-60(78)73-55(56(77)49-47-45-43-41-39-37-35-33-20-18-16-14-12-10-8-6-4-2)54-86-70-66(84)63(81)68(58(52-75)88-70)91-72-67(85)64(82)69(59(53-76)89-72)90-71-65(83)62(80)61(79)57(51-74)87-71/h5,7,11,13,17,19-20,22-23,25-26,28-29,31-33,36,38-39,41,47,49,55-59,61-72,74-77,79-85H,3-4,6,8-10,12,14-16,18,21,24,27,30,34-35,37,40,42-46,48,50-54H2,1-2H3,(H,73,78)/b7-5-,13-11-,19-17-,23-22-,26-25-,29-28-,32-31-,33-20+,38-36-,41-39+,49-47+. The van der Waals surface area contributed by atoms with Crippen molar-refractivity contribution in [3.63, 3.8) is 0 Å². The van der Waals surface area contributed by atoms with E-state index in [1.165, 1.54) is 44.9 Å². The van der Waals surface area contributed by atoms with Crippen LogP contribution in [0.3, 0.4) is 0 Å². The zero-order valence-corrected chi connectivity index (χ0v) is 54.5. The van der Waals surface area contributed by atoms with E-state index in [0.717, 1.165) is 103 Å². The van der Waals surface area contributed by atoms with E-state index in [9.17, 15) is 61.0 Å². The van der Waals surface area contributed by atoms with Crippen molar-refractivity contribution in [3.05, 3.63) is 134 Å². The Morgan fingerprint density at radius 2 is 0.769 bits per heavy atom. The van der Waals surface area contributed by atoms with Gasteiger partial charge in [-0.05, 0) is 109 Å². The van der Waals surface area contributed by atoms with Gasteiger partial charge in [0.25, 0.3) is 0 Å². The molecular weight excluding hydrogens is 1170 g/mol. The summed E-state index contributed by atoms with van der Waals surface area (Å²) in [6.45, 7) is 1.53. The third kappa shape index (κ3) is 34.3. The van der Waals surface area contributed by atoms with Gasteiger partial charge in [-0.15, -0.1) is 0 Å². The van der Waals surface area contributed by atoms with Crippen LogP contribution in [0.1, 0.15) is 181 Å². The molecule has 3 aliphatic heterocycles. The Morgan fingerprint density at radius 3 is 1.23 bits per heavy atom. The van der Waals surface area contributed by atoms with Crippen molar-refractivity contribution in [1.29, 1.82) is 0 Å². The first-order valence-corrected chi connectivity index (χ1v) is 33.9. The molecule has 0 bridgehead atoms. The highest BCUT2D eigenvalue weighted by molar-refractivity contribution is 5.76. The Hall–Kier alpha value is -4.07. The second kappa shape index (κ2) is 52.2. The third-order valence-electron chi connectivity index (χ3n) is 15.9. The Balaban J connectivity index is 1.46. The van der Waals surface area contributed by atoms with Crippen LogP contribution in [0.4, 0.5) is 0 Å². The van der Waals surface area contributed by atoms with Crippen molar-refractivity contribution >= 4 is 5.91 Å². The van der Waals surface area contributed by atoms with Gasteiger partial charge in [-0.1, -0.05) is 199 Å². The maximum absolute atomic E-state index is 13.4. The van der Waals surface area contributed by atoms with Crippen molar-refractivity contribution in [2.75, 3.05) is 26.4 Å². The maximum atomic E-state index is 13.4. The van der Waals surface area contributed by atoms with Gasteiger partial charge in [-0.2, -0.15) is 0 Å². The fourth-order valence-electron chi connectivity index (χ4n) is 10.4. The molecule has 12 N–H and O–H groups in total. The summed E-state index contributed by atoms with van der Waals surface area (Å²) >= 11 is 0. The van der Waals surface area contributed by atoms with Gasteiger partial charge in [0, 0.05) is 6.42 Å². The summed E-state index contributed by atoms with van der Waals surface area (Å²) in [5.74, 6) is -0.321. The predicted octanol–water partition coefficient (Wildman–Crippen LogP) is 8.60. The molecule has 1 amide bonds. The van der Waals surface area contributed by atoms with Gasteiger partial charge in [0.1, 0.15) is 73.2 Å². The molecule has 19 nitrogen and oxygen atoms in total. The molecule has 0 spiro atoms. The summed E-state index contributed by atoms with van der Waals surface area (Å²) in [4.78, 5) is 13.4. The van der Waals surface area contributed by atoms with Crippen LogP contribution in [0.2, 0.25) is 0 Å². The number of hydrogen-bond acceptors (Lipinski definition) is 18. The largest absolute Gasteiger partial charge is 0.394 e. The lowest BCUT2D eigenvalue weighted by Crippen LogP contribution is -2.66. The van der Waals surface area contributed by atoms with E-state index in [0.29, 0.717) is 12.8 Å². The normalized spacial score (nSPS) is 28.7. The molecule has 0 radical (unpaired) electrons. The molecule has 17 atom stereocenters. The van der Waals surface area contributed by atoms with Gasteiger partial charge < -0.3 is 89.9 Å². The number of aliphatic hydroxyl groups excluding tert-OH is 11. The maximum Gasteiger partial charge on any atom is 0.220 e. The summed E-state index contributed by atoms with van der Waals surface area (Å²) < 4.78 is 34.3. The Labute approximate surface area is 543 Å². The summed E-state index contributed by atoms with van der Waals surface area (Å²) in [5.41, 5.74) is 0. The van der Waals surface area contributed by atoms with E-state index >= 15 is 0 Å². The minimum atomic E-state index is -1.99. The lowest BCUT2D eigenvalue weighted by molar-refractivity contribution is -0.379. The zero-order chi connectivity index (χ0) is 66.1. The minimum Gasteiger partial charge on any atom is -0.394 e. The van der Waals surface area contributed by atoms with Crippen LogP contribution in [-0.2, 0) is 33.2 Å². The van der Waals surface area contributed by atoms with E-state index in [4.69, 9.17) is 28.4 Å². The molecule has 0 saturated carbocycles. The van der Waals surface area contributed by atoms with E-state index < -0.39 is 131 Å². The summed E-state index contributed by atoms with van der Waals surface area (Å²) in [5, 5.41) is 120. The molecule has 0 aromatic carbocycles. The van der Waals surface area contributed by atoms with Crippen molar-refractivity contribution in [2.45, 2.75) is 285 Å². The number of amides is 1. The van der Waals surface area contributed by atoms with Crippen molar-refractivity contribution in [2.24, 2.45) is 0 Å². The molecule has 0 aliphatic carbocycles. The van der Waals surface area contributed by atoms with Gasteiger partial charge in [0.15, 0.2) is 18.9 Å². The van der Waals surface area contributed by atoms with E-state index in [1.807, 2.05) is 6.08 Å². The second-order valence-corrected chi connectivity index (χ2v) is 23.5. The molecule has 91 heavy (non-hydrogen) atoms. The number of allylic oxidation sites excluding steroid dienone is 21.